The summed E-state index contributed by atoms with van der Waals surface area (Å²) >= 11 is 0. The van der Waals surface area contributed by atoms with E-state index >= 15 is 0 Å². The van der Waals surface area contributed by atoms with Gasteiger partial charge < -0.3 is 18.8 Å². The number of carboxylic acid groups (broad SMARTS) is 1. The van der Waals surface area contributed by atoms with Crippen molar-refractivity contribution in [1.82, 2.24) is 13.9 Å². The van der Waals surface area contributed by atoms with Crippen LogP contribution in [-0.2, 0) is 21.2 Å². The molecule has 0 fully saturated rings. The standard InChI is InChI=1S/C29H23N3O6S/c33-29(34)27-28-22(14-18-37-28)13-16-32(27)39(35,36)26-11-9-25(10-12-26)38-24-7-3-21(4-8-24)20-1-5-23(6-2-20)31-17-15-30-19-31/h1-12,14-15,17-19,27H,13,16H2,(H,33,34). The lowest BCUT2D eigenvalue weighted by Crippen LogP contribution is -2.43. The van der Waals surface area contributed by atoms with Crippen LogP contribution >= 0.6 is 0 Å². The first-order valence-corrected chi connectivity index (χ1v) is 13.6. The Hall–Kier alpha value is -4.67. The van der Waals surface area contributed by atoms with E-state index in [1.165, 1.54) is 18.4 Å². The highest BCUT2D eigenvalue weighted by molar-refractivity contribution is 7.89. The maximum atomic E-state index is 13.3. The van der Waals surface area contributed by atoms with E-state index in [1.807, 2.05) is 59.3 Å². The van der Waals surface area contributed by atoms with Crippen molar-refractivity contribution in [3.05, 3.63) is 115 Å². The van der Waals surface area contributed by atoms with E-state index in [0.29, 0.717) is 23.5 Å². The van der Waals surface area contributed by atoms with Crippen LogP contribution in [0.3, 0.4) is 0 Å². The minimum absolute atomic E-state index is 0.0226. The molecule has 5 aromatic rings. The zero-order chi connectivity index (χ0) is 27.0. The summed E-state index contributed by atoms with van der Waals surface area (Å²) < 4.78 is 40.8. The molecule has 0 saturated carbocycles. The summed E-state index contributed by atoms with van der Waals surface area (Å²) in [6, 6.07) is 21.9. The van der Waals surface area contributed by atoms with Crippen molar-refractivity contribution in [1.29, 1.82) is 0 Å². The maximum absolute atomic E-state index is 13.3. The third-order valence-corrected chi connectivity index (χ3v) is 8.55. The molecule has 1 aliphatic heterocycles. The predicted octanol–water partition coefficient (Wildman–Crippen LogP) is 5.30. The Morgan fingerprint density at radius 3 is 2.18 bits per heavy atom. The van der Waals surface area contributed by atoms with Gasteiger partial charge in [0.1, 0.15) is 17.3 Å². The lowest BCUT2D eigenvalue weighted by molar-refractivity contribution is -0.142. The van der Waals surface area contributed by atoms with Crippen LogP contribution in [0.1, 0.15) is 17.4 Å². The highest BCUT2D eigenvalue weighted by Gasteiger charge is 2.42. The van der Waals surface area contributed by atoms with Crippen molar-refractivity contribution < 1.29 is 27.5 Å². The third kappa shape index (κ3) is 4.71. The van der Waals surface area contributed by atoms with Gasteiger partial charge in [0, 0.05) is 24.6 Å². The van der Waals surface area contributed by atoms with Gasteiger partial charge in [0.2, 0.25) is 10.0 Å². The second-order valence-electron chi connectivity index (χ2n) is 9.03. The lowest BCUT2D eigenvalue weighted by Gasteiger charge is -2.31. The summed E-state index contributed by atoms with van der Waals surface area (Å²) in [6.07, 6.45) is 7.13. The number of ether oxygens (including phenoxy) is 1. The molecule has 3 aromatic carbocycles. The molecule has 0 radical (unpaired) electrons. The van der Waals surface area contributed by atoms with E-state index in [9.17, 15) is 18.3 Å². The molecule has 3 heterocycles. The van der Waals surface area contributed by atoms with E-state index < -0.39 is 22.0 Å². The first kappa shape index (κ1) is 24.7. The molecule has 0 spiro atoms. The number of sulfonamides is 1. The molecule has 0 bridgehead atoms. The van der Waals surface area contributed by atoms with Gasteiger partial charge in [-0.1, -0.05) is 24.3 Å². The fourth-order valence-corrected chi connectivity index (χ4v) is 6.23. The lowest BCUT2D eigenvalue weighted by atomic mass is 10.0. The quantitative estimate of drug-likeness (QED) is 0.297. The minimum Gasteiger partial charge on any atom is -0.480 e. The van der Waals surface area contributed by atoms with Gasteiger partial charge in [0.25, 0.3) is 0 Å². The van der Waals surface area contributed by atoms with Gasteiger partial charge in [-0.25, -0.2) is 18.2 Å². The monoisotopic (exact) mass is 541 g/mol. The molecular weight excluding hydrogens is 518 g/mol. The smallest absolute Gasteiger partial charge is 0.329 e. The molecule has 1 atom stereocenters. The number of imidazole rings is 1. The van der Waals surface area contributed by atoms with Crippen molar-refractivity contribution in [3.63, 3.8) is 0 Å². The zero-order valence-corrected chi connectivity index (χ0v) is 21.4. The van der Waals surface area contributed by atoms with E-state index in [2.05, 4.69) is 4.98 Å². The van der Waals surface area contributed by atoms with Gasteiger partial charge in [0.05, 0.1) is 17.5 Å². The molecule has 1 N–H and O–H groups in total. The Morgan fingerprint density at radius 1 is 0.923 bits per heavy atom. The van der Waals surface area contributed by atoms with Crippen LogP contribution in [0.5, 0.6) is 11.5 Å². The summed E-state index contributed by atoms with van der Waals surface area (Å²) in [4.78, 5) is 16.0. The number of hydrogen-bond acceptors (Lipinski definition) is 6. The second-order valence-corrected chi connectivity index (χ2v) is 10.9. The fraction of sp³-hybridized carbons (Fsp3) is 0.103. The van der Waals surface area contributed by atoms with Gasteiger partial charge in [-0.05, 0) is 77.7 Å². The number of aromatic nitrogens is 2. The zero-order valence-electron chi connectivity index (χ0n) is 20.5. The van der Waals surface area contributed by atoms with Crippen LogP contribution in [0.4, 0.5) is 0 Å². The highest BCUT2D eigenvalue weighted by Crippen LogP contribution is 2.36. The number of aliphatic carboxylic acids is 1. The molecule has 0 saturated heterocycles. The van der Waals surface area contributed by atoms with Crippen molar-refractivity contribution in [2.45, 2.75) is 17.4 Å². The molecule has 10 heteroatoms. The third-order valence-electron chi connectivity index (χ3n) is 6.68. The van der Waals surface area contributed by atoms with Crippen LogP contribution in [0.15, 0.2) is 113 Å². The molecular formula is C29H23N3O6S. The SMILES string of the molecule is O=C(O)C1c2occc2CCN1S(=O)(=O)c1ccc(Oc2ccc(-c3ccc(-n4ccnc4)cc3)cc2)cc1. The Kier molecular flexibility index (Phi) is 6.26. The molecule has 6 rings (SSSR count). The molecule has 0 aliphatic carbocycles. The number of carboxylic acids is 1. The van der Waals surface area contributed by atoms with Crippen LogP contribution in [0.25, 0.3) is 16.8 Å². The van der Waals surface area contributed by atoms with Gasteiger partial charge >= 0.3 is 5.97 Å². The Balaban J connectivity index is 1.16. The Morgan fingerprint density at radius 2 is 1.56 bits per heavy atom. The summed E-state index contributed by atoms with van der Waals surface area (Å²) in [5.74, 6) is -0.0910. The van der Waals surface area contributed by atoms with E-state index in [-0.39, 0.29) is 17.2 Å². The molecule has 196 valence electrons. The predicted molar refractivity (Wildman–Crippen MR) is 142 cm³/mol. The van der Waals surface area contributed by atoms with E-state index in [4.69, 9.17) is 9.15 Å². The summed E-state index contributed by atoms with van der Waals surface area (Å²) in [6.45, 7) is 0.0444. The molecule has 1 aliphatic rings. The minimum atomic E-state index is -4.09. The number of rotatable bonds is 7. The van der Waals surface area contributed by atoms with Gasteiger partial charge in [-0.15, -0.1) is 0 Å². The number of nitrogens with zero attached hydrogens (tertiary/aromatic N) is 3. The summed E-state index contributed by atoms with van der Waals surface area (Å²) in [5, 5.41) is 9.75. The van der Waals surface area contributed by atoms with Crippen molar-refractivity contribution in [3.8, 4) is 28.3 Å². The second kappa shape index (κ2) is 9.90. The highest BCUT2D eigenvalue weighted by atomic mass is 32.2. The molecule has 0 amide bonds. The number of benzene rings is 3. The van der Waals surface area contributed by atoms with Crippen LogP contribution in [0.2, 0.25) is 0 Å². The number of carbonyl (C=O) groups is 1. The summed E-state index contributed by atoms with van der Waals surface area (Å²) in [7, 11) is -4.09. The first-order valence-electron chi connectivity index (χ1n) is 12.2. The normalized spacial score (nSPS) is 15.5. The Labute approximate surface area is 224 Å². The largest absolute Gasteiger partial charge is 0.480 e. The number of furan rings is 1. The van der Waals surface area contributed by atoms with Crippen molar-refractivity contribution in [2.75, 3.05) is 6.54 Å². The van der Waals surface area contributed by atoms with Crippen LogP contribution in [-0.4, -0.2) is 39.9 Å². The van der Waals surface area contributed by atoms with Crippen molar-refractivity contribution in [2.24, 2.45) is 0 Å². The van der Waals surface area contributed by atoms with Crippen LogP contribution in [0, 0.1) is 0 Å². The van der Waals surface area contributed by atoms with Gasteiger partial charge in [-0.3, -0.25) is 0 Å². The molecule has 9 nitrogen and oxygen atoms in total. The molecule has 39 heavy (non-hydrogen) atoms. The van der Waals surface area contributed by atoms with Crippen molar-refractivity contribution >= 4 is 16.0 Å². The van der Waals surface area contributed by atoms with E-state index in [1.54, 1.807) is 30.7 Å². The average molecular weight is 542 g/mol. The topological polar surface area (TPSA) is 115 Å². The van der Waals surface area contributed by atoms with Crippen LogP contribution < -0.4 is 4.74 Å². The summed E-state index contributed by atoms with van der Waals surface area (Å²) in [5.41, 5.74) is 3.80. The van der Waals surface area contributed by atoms with Gasteiger partial charge in [-0.2, -0.15) is 4.31 Å². The fourth-order valence-electron chi connectivity index (χ4n) is 4.68. The Bertz CT molecular complexity index is 1710. The maximum Gasteiger partial charge on any atom is 0.329 e. The molecule has 1 unspecified atom stereocenters. The average Bonchev–Trinajstić information content (AvgIpc) is 3.66. The van der Waals surface area contributed by atoms with Gasteiger partial charge in [0.15, 0.2) is 6.04 Å². The first-order chi connectivity index (χ1) is 18.9. The van der Waals surface area contributed by atoms with E-state index in [0.717, 1.165) is 21.1 Å². The number of hydrogen-bond donors (Lipinski definition) is 1. The molecule has 2 aromatic heterocycles. The number of fused-ring (bicyclic) bond motifs is 1.